The quantitative estimate of drug-likeness (QED) is 0.837. The Morgan fingerprint density at radius 2 is 2.10 bits per heavy atom. The molecule has 3 N–H and O–H groups in total. The summed E-state index contributed by atoms with van der Waals surface area (Å²) in [6.07, 6.45) is 7.05. The highest BCUT2D eigenvalue weighted by Crippen LogP contribution is 2.24. The third kappa shape index (κ3) is 3.56. The number of nitrogens with zero attached hydrogens (tertiary/aromatic N) is 1. The van der Waals surface area contributed by atoms with E-state index >= 15 is 0 Å². The van der Waals surface area contributed by atoms with Gasteiger partial charge in [0.2, 0.25) is 5.91 Å². The third-order valence-corrected chi connectivity index (χ3v) is 4.72. The van der Waals surface area contributed by atoms with E-state index in [1.54, 1.807) is 0 Å². The van der Waals surface area contributed by atoms with E-state index in [2.05, 4.69) is 16.3 Å². The molecule has 1 aromatic rings. The lowest BCUT2D eigenvalue weighted by molar-refractivity contribution is -0.123. The zero-order valence-electron chi connectivity index (χ0n) is 12.6. The summed E-state index contributed by atoms with van der Waals surface area (Å²) in [5.74, 6) is 0.175. The van der Waals surface area contributed by atoms with Crippen LogP contribution in [0, 0.1) is 0 Å². The third-order valence-electron chi connectivity index (χ3n) is 4.72. The van der Waals surface area contributed by atoms with Gasteiger partial charge in [-0.2, -0.15) is 0 Å². The molecule has 1 fully saturated rings. The van der Waals surface area contributed by atoms with Crippen molar-refractivity contribution >= 4 is 11.6 Å². The van der Waals surface area contributed by atoms with Crippen molar-refractivity contribution in [1.29, 1.82) is 0 Å². The van der Waals surface area contributed by atoms with Crippen LogP contribution in [0.15, 0.2) is 18.2 Å². The van der Waals surface area contributed by atoms with Crippen molar-refractivity contribution in [2.24, 2.45) is 0 Å². The highest BCUT2D eigenvalue weighted by Gasteiger charge is 2.21. The lowest BCUT2D eigenvalue weighted by Gasteiger charge is -2.30. The number of hydrogen-bond acceptors (Lipinski definition) is 3. The molecular weight excluding hydrogens is 262 g/mol. The summed E-state index contributed by atoms with van der Waals surface area (Å²) in [5, 5.41) is 3.20. The molecule has 4 heteroatoms. The zero-order chi connectivity index (χ0) is 14.7. The average Bonchev–Trinajstić information content (AvgIpc) is 2.48. The molecular formula is C17H25N3O. The summed E-state index contributed by atoms with van der Waals surface area (Å²) in [7, 11) is 0. The van der Waals surface area contributed by atoms with Crippen molar-refractivity contribution in [2.45, 2.75) is 51.1 Å². The monoisotopic (exact) mass is 287 g/mol. The molecule has 0 unspecified atom stereocenters. The predicted octanol–water partition coefficient (Wildman–Crippen LogP) is 2.08. The molecule has 0 atom stereocenters. The molecule has 1 aliphatic heterocycles. The Labute approximate surface area is 126 Å². The molecule has 0 saturated heterocycles. The molecule has 0 aromatic heterocycles. The van der Waals surface area contributed by atoms with Crippen LogP contribution in [0.5, 0.6) is 0 Å². The van der Waals surface area contributed by atoms with Crippen LogP contribution in [-0.2, 0) is 17.8 Å². The number of anilines is 1. The Hall–Kier alpha value is -1.55. The molecule has 1 aromatic carbocycles. The molecule has 3 rings (SSSR count). The smallest absolute Gasteiger partial charge is 0.234 e. The Morgan fingerprint density at radius 3 is 2.90 bits per heavy atom. The van der Waals surface area contributed by atoms with Crippen molar-refractivity contribution in [3.05, 3.63) is 29.3 Å². The molecule has 2 aliphatic rings. The number of amides is 1. The van der Waals surface area contributed by atoms with Gasteiger partial charge >= 0.3 is 0 Å². The van der Waals surface area contributed by atoms with Crippen molar-refractivity contribution in [3.8, 4) is 0 Å². The first kappa shape index (κ1) is 14.4. The maximum Gasteiger partial charge on any atom is 0.234 e. The number of carbonyl (C=O) groups is 1. The first-order valence-electron chi connectivity index (χ1n) is 8.10. The Kier molecular flexibility index (Phi) is 4.44. The summed E-state index contributed by atoms with van der Waals surface area (Å²) in [6, 6.07) is 6.49. The molecule has 114 valence electrons. The van der Waals surface area contributed by atoms with Gasteiger partial charge in [0.15, 0.2) is 0 Å². The van der Waals surface area contributed by atoms with Gasteiger partial charge in [-0.05, 0) is 36.5 Å². The van der Waals surface area contributed by atoms with Crippen LogP contribution < -0.4 is 11.1 Å². The normalized spacial score (nSPS) is 20.0. The van der Waals surface area contributed by atoms with Crippen LogP contribution in [0.2, 0.25) is 0 Å². The summed E-state index contributed by atoms with van der Waals surface area (Å²) in [5.41, 5.74) is 9.44. The van der Waals surface area contributed by atoms with E-state index in [1.807, 2.05) is 12.1 Å². The van der Waals surface area contributed by atoms with Gasteiger partial charge in [-0.25, -0.2) is 0 Å². The zero-order valence-corrected chi connectivity index (χ0v) is 12.6. The van der Waals surface area contributed by atoms with Crippen molar-refractivity contribution < 1.29 is 4.79 Å². The average molecular weight is 287 g/mol. The molecule has 21 heavy (non-hydrogen) atoms. The molecule has 1 amide bonds. The van der Waals surface area contributed by atoms with E-state index in [0.717, 1.165) is 38.0 Å². The van der Waals surface area contributed by atoms with Gasteiger partial charge < -0.3 is 11.1 Å². The van der Waals surface area contributed by atoms with Gasteiger partial charge in [0.25, 0.3) is 0 Å². The van der Waals surface area contributed by atoms with E-state index in [4.69, 9.17) is 5.73 Å². The molecule has 1 saturated carbocycles. The van der Waals surface area contributed by atoms with Crippen LogP contribution in [0.3, 0.4) is 0 Å². The minimum absolute atomic E-state index is 0.175. The maximum absolute atomic E-state index is 12.2. The summed E-state index contributed by atoms with van der Waals surface area (Å²) < 4.78 is 0. The van der Waals surface area contributed by atoms with Gasteiger partial charge in [-0.15, -0.1) is 0 Å². The number of nitrogen functional groups attached to an aromatic ring is 1. The second kappa shape index (κ2) is 6.48. The number of hydrogen-bond donors (Lipinski definition) is 2. The van der Waals surface area contributed by atoms with Gasteiger partial charge in [-0.1, -0.05) is 31.4 Å². The van der Waals surface area contributed by atoms with E-state index in [0.29, 0.717) is 12.6 Å². The fourth-order valence-electron chi connectivity index (χ4n) is 3.56. The second-order valence-corrected chi connectivity index (χ2v) is 6.35. The topological polar surface area (TPSA) is 58.4 Å². The first-order valence-corrected chi connectivity index (χ1v) is 8.10. The van der Waals surface area contributed by atoms with Crippen LogP contribution in [0.25, 0.3) is 0 Å². The molecule has 4 nitrogen and oxygen atoms in total. The number of nitrogens with one attached hydrogen (secondary N) is 1. The van der Waals surface area contributed by atoms with Gasteiger partial charge in [-0.3, -0.25) is 9.69 Å². The summed E-state index contributed by atoms with van der Waals surface area (Å²) >= 11 is 0. The van der Waals surface area contributed by atoms with Crippen LogP contribution in [0.4, 0.5) is 5.69 Å². The van der Waals surface area contributed by atoms with Crippen molar-refractivity contribution in [2.75, 3.05) is 18.8 Å². The van der Waals surface area contributed by atoms with Crippen LogP contribution in [-0.4, -0.2) is 29.9 Å². The number of carbonyl (C=O) groups excluding carboxylic acids is 1. The summed E-state index contributed by atoms with van der Waals surface area (Å²) in [6.45, 7) is 2.25. The van der Waals surface area contributed by atoms with Crippen LogP contribution >= 0.6 is 0 Å². The molecule has 0 spiro atoms. The second-order valence-electron chi connectivity index (χ2n) is 6.35. The van der Waals surface area contributed by atoms with Gasteiger partial charge in [0, 0.05) is 24.8 Å². The Bertz CT molecular complexity index is 509. The maximum atomic E-state index is 12.2. The Balaban J connectivity index is 1.53. The molecule has 0 radical (unpaired) electrons. The van der Waals surface area contributed by atoms with E-state index in [1.165, 1.54) is 30.4 Å². The van der Waals surface area contributed by atoms with Gasteiger partial charge in [0.1, 0.15) is 0 Å². The van der Waals surface area contributed by atoms with E-state index in [9.17, 15) is 4.79 Å². The fourth-order valence-corrected chi connectivity index (χ4v) is 3.56. The summed E-state index contributed by atoms with van der Waals surface area (Å²) in [4.78, 5) is 14.4. The van der Waals surface area contributed by atoms with E-state index in [-0.39, 0.29) is 5.91 Å². The number of rotatable bonds is 3. The lowest BCUT2D eigenvalue weighted by Crippen LogP contribution is -2.44. The predicted molar refractivity (Wildman–Crippen MR) is 84.9 cm³/mol. The fraction of sp³-hybridized carbons (Fsp3) is 0.588. The van der Waals surface area contributed by atoms with Crippen LogP contribution in [0.1, 0.15) is 43.2 Å². The largest absolute Gasteiger partial charge is 0.398 e. The molecule has 1 aliphatic carbocycles. The first-order chi connectivity index (χ1) is 10.2. The SMILES string of the molecule is Nc1cccc2c1CCN(CC(=O)NC1CCCCC1)C2. The minimum atomic E-state index is 0.175. The standard InChI is InChI=1S/C17H25N3O/c18-16-8-4-5-13-11-20(10-9-15(13)16)12-17(21)19-14-6-2-1-3-7-14/h4-5,8,14H,1-3,6-7,9-12,18H2,(H,19,21). The van der Waals surface area contributed by atoms with Crippen molar-refractivity contribution in [3.63, 3.8) is 0 Å². The number of nitrogens with two attached hydrogens (primary N) is 1. The van der Waals surface area contributed by atoms with Gasteiger partial charge in [0.05, 0.1) is 6.54 Å². The number of fused-ring (bicyclic) bond motifs is 1. The minimum Gasteiger partial charge on any atom is -0.398 e. The number of benzene rings is 1. The highest BCUT2D eigenvalue weighted by atomic mass is 16.2. The molecule has 1 heterocycles. The molecule has 0 bridgehead atoms. The lowest BCUT2D eigenvalue weighted by atomic mass is 9.95. The van der Waals surface area contributed by atoms with E-state index < -0.39 is 0 Å². The highest BCUT2D eigenvalue weighted by molar-refractivity contribution is 5.78. The Morgan fingerprint density at radius 1 is 1.29 bits per heavy atom. The van der Waals surface area contributed by atoms with Crippen molar-refractivity contribution in [1.82, 2.24) is 10.2 Å².